The van der Waals surface area contributed by atoms with E-state index < -0.39 is 0 Å². The minimum Gasteiger partial charge on any atom is -0.493 e. The third kappa shape index (κ3) is 4.14. The van der Waals surface area contributed by atoms with Gasteiger partial charge in [0.05, 0.1) is 19.9 Å². The molecule has 0 saturated heterocycles. The zero-order valence-electron chi connectivity index (χ0n) is 11.5. The molecule has 0 fully saturated rings. The Balaban J connectivity index is 2.17. The molecule has 0 spiro atoms. The molecule has 0 aliphatic rings. The monoisotopic (exact) mass is 477 g/mol. The summed E-state index contributed by atoms with van der Waals surface area (Å²) in [5.41, 5.74) is 2.11. The van der Waals surface area contributed by atoms with E-state index in [1.165, 1.54) is 0 Å². The summed E-state index contributed by atoms with van der Waals surface area (Å²) < 4.78 is 13.5. The third-order valence-corrected chi connectivity index (χ3v) is 4.63. The van der Waals surface area contributed by atoms with Crippen molar-refractivity contribution >= 4 is 53.5 Å². The van der Waals surface area contributed by atoms with Crippen LogP contribution in [-0.4, -0.2) is 14.2 Å². The first kappa shape index (κ1) is 16.6. The highest BCUT2D eigenvalue weighted by Crippen LogP contribution is 2.35. The normalized spacial score (nSPS) is 10.3. The van der Waals surface area contributed by atoms with Gasteiger partial charge in [-0.2, -0.15) is 0 Å². The van der Waals surface area contributed by atoms with Gasteiger partial charge in [0.2, 0.25) is 0 Å². The highest BCUT2D eigenvalue weighted by atomic mass is 79.9. The fraction of sp³-hybridized carbons (Fsp3) is 0.200. The van der Waals surface area contributed by atoms with E-state index >= 15 is 0 Å². The lowest BCUT2D eigenvalue weighted by atomic mass is 10.2. The van der Waals surface area contributed by atoms with Crippen molar-refractivity contribution in [2.45, 2.75) is 6.54 Å². The molecule has 0 bridgehead atoms. The highest BCUT2D eigenvalue weighted by Gasteiger charge is 2.08. The van der Waals surface area contributed by atoms with Crippen LogP contribution in [0.5, 0.6) is 11.5 Å². The van der Waals surface area contributed by atoms with Crippen molar-refractivity contribution in [3.05, 3.63) is 49.3 Å². The maximum atomic E-state index is 5.31. The number of benzene rings is 2. The Kier molecular flexibility index (Phi) is 5.96. The Morgan fingerprint density at radius 3 is 2.10 bits per heavy atom. The van der Waals surface area contributed by atoms with Crippen molar-refractivity contribution in [3.63, 3.8) is 0 Å². The van der Waals surface area contributed by atoms with Crippen LogP contribution in [-0.2, 0) is 6.54 Å². The summed E-state index contributed by atoms with van der Waals surface area (Å²) in [6, 6.07) is 9.88. The van der Waals surface area contributed by atoms with Crippen molar-refractivity contribution in [3.8, 4) is 11.5 Å². The van der Waals surface area contributed by atoms with Crippen LogP contribution in [0.4, 0.5) is 5.69 Å². The van der Waals surface area contributed by atoms with Gasteiger partial charge in [0.25, 0.3) is 0 Å². The van der Waals surface area contributed by atoms with Crippen LogP contribution in [0.3, 0.4) is 0 Å². The Labute approximate surface area is 149 Å². The van der Waals surface area contributed by atoms with Crippen molar-refractivity contribution in [1.29, 1.82) is 0 Å². The predicted molar refractivity (Wildman–Crippen MR) is 96.4 cm³/mol. The molecule has 2 aromatic carbocycles. The lowest BCUT2D eigenvalue weighted by molar-refractivity contribution is 0.354. The molecule has 112 valence electrons. The van der Waals surface area contributed by atoms with Gasteiger partial charge in [0.15, 0.2) is 11.5 Å². The fourth-order valence-corrected chi connectivity index (χ4v) is 4.43. The molecule has 2 aromatic rings. The summed E-state index contributed by atoms with van der Waals surface area (Å²) in [6.45, 7) is 0.680. The largest absolute Gasteiger partial charge is 0.493 e. The number of rotatable bonds is 5. The lowest BCUT2D eigenvalue weighted by Gasteiger charge is -2.13. The molecule has 6 heteroatoms. The first-order valence-electron chi connectivity index (χ1n) is 6.14. The van der Waals surface area contributed by atoms with Gasteiger partial charge in [0.1, 0.15) is 0 Å². The molecular weight excluding hydrogens is 466 g/mol. The highest BCUT2D eigenvalue weighted by molar-refractivity contribution is 9.11. The Morgan fingerprint density at radius 2 is 1.52 bits per heavy atom. The number of ether oxygens (including phenoxy) is 2. The van der Waals surface area contributed by atoms with Crippen molar-refractivity contribution in [1.82, 2.24) is 0 Å². The van der Waals surface area contributed by atoms with Crippen LogP contribution in [0.2, 0.25) is 0 Å². The minimum atomic E-state index is 0.680. The SMILES string of the molecule is COc1ccc(CNc2c(Br)cc(Br)cc2Br)cc1OC. The topological polar surface area (TPSA) is 30.5 Å². The maximum absolute atomic E-state index is 5.31. The maximum Gasteiger partial charge on any atom is 0.161 e. The molecule has 0 aliphatic heterocycles. The van der Waals surface area contributed by atoms with E-state index in [9.17, 15) is 0 Å². The summed E-state index contributed by atoms with van der Waals surface area (Å²) >= 11 is 10.6. The molecule has 0 heterocycles. The minimum absolute atomic E-state index is 0.680. The number of halogens is 3. The molecule has 0 unspecified atom stereocenters. The van der Waals surface area contributed by atoms with E-state index in [1.54, 1.807) is 14.2 Å². The van der Waals surface area contributed by atoms with Gasteiger partial charge in [-0.15, -0.1) is 0 Å². The number of methoxy groups -OCH3 is 2. The number of hydrogen-bond donors (Lipinski definition) is 1. The molecule has 2 rings (SSSR count). The molecule has 1 N–H and O–H groups in total. The molecule has 0 aliphatic carbocycles. The molecule has 0 aromatic heterocycles. The predicted octanol–water partition coefficient (Wildman–Crippen LogP) is 5.60. The van der Waals surface area contributed by atoms with E-state index in [1.807, 2.05) is 30.3 Å². The Bertz CT molecular complexity index is 624. The summed E-state index contributed by atoms with van der Waals surface area (Å²) in [5, 5.41) is 3.40. The van der Waals surface area contributed by atoms with Crippen LogP contribution < -0.4 is 14.8 Å². The lowest BCUT2D eigenvalue weighted by Crippen LogP contribution is -2.02. The molecular formula is C15H14Br3NO2. The van der Waals surface area contributed by atoms with Gasteiger partial charge in [-0.1, -0.05) is 22.0 Å². The van der Waals surface area contributed by atoms with E-state index in [4.69, 9.17) is 9.47 Å². The van der Waals surface area contributed by atoms with Crippen molar-refractivity contribution in [2.24, 2.45) is 0 Å². The van der Waals surface area contributed by atoms with Crippen molar-refractivity contribution < 1.29 is 9.47 Å². The van der Waals surface area contributed by atoms with Gasteiger partial charge >= 0.3 is 0 Å². The fourth-order valence-electron chi connectivity index (χ4n) is 1.89. The van der Waals surface area contributed by atoms with E-state index in [2.05, 4.69) is 53.1 Å². The van der Waals surface area contributed by atoms with E-state index in [0.717, 1.165) is 36.2 Å². The van der Waals surface area contributed by atoms with Gasteiger partial charge < -0.3 is 14.8 Å². The molecule has 0 atom stereocenters. The average molecular weight is 480 g/mol. The zero-order chi connectivity index (χ0) is 15.4. The van der Waals surface area contributed by atoms with Gasteiger partial charge in [-0.05, 0) is 61.7 Å². The first-order valence-corrected chi connectivity index (χ1v) is 8.52. The molecule has 0 saturated carbocycles. The summed E-state index contributed by atoms with van der Waals surface area (Å²) in [5.74, 6) is 1.46. The van der Waals surface area contributed by atoms with Crippen LogP contribution in [0.25, 0.3) is 0 Å². The summed E-state index contributed by atoms with van der Waals surface area (Å²) in [7, 11) is 3.27. The van der Waals surface area contributed by atoms with Crippen molar-refractivity contribution in [2.75, 3.05) is 19.5 Å². The summed E-state index contributed by atoms with van der Waals surface area (Å²) in [6.07, 6.45) is 0. The van der Waals surface area contributed by atoms with Crippen LogP contribution in [0.15, 0.2) is 43.7 Å². The third-order valence-electron chi connectivity index (χ3n) is 2.92. The molecule has 0 amide bonds. The van der Waals surface area contributed by atoms with Gasteiger partial charge in [-0.3, -0.25) is 0 Å². The van der Waals surface area contributed by atoms with Gasteiger partial charge in [-0.25, -0.2) is 0 Å². The molecule has 0 radical (unpaired) electrons. The molecule has 21 heavy (non-hydrogen) atoms. The molecule has 3 nitrogen and oxygen atoms in total. The summed E-state index contributed by atoms with van der Waals surface area (Å²) in [4.78, 5) is 0. The second kappa shape index (κ2) is 7.51. The number of hydrogen-bond acceptors (Lipinski definition) is 3. The Morgan fingerprint density at radius 1 is 0.905 bits per heavy atom. The van der Waals surface area contributed by atoms with Crippen LogP contribution in [0.1, 0.15) is 5.56 Å². The Hall–Kier alpha value is -0.720. The standard InChI is InChI=1S/C15H14Br3NO2/c1-20-13-4-3-9(5-14(13)21-2)8-19-15-11(17)6-10(16)7-12(15)18/h3-7,19H,8H2,1-2H3. The number of nitrogens with one attached hydrogen (secondary N) is 1. The average Bonchev–Trinajstić information content (AvgIpc) is 2.45. The van der Waals surface area contributed by atoms with Crippen LogP contribution >= 0.6 is 47.8 Å². The first-order chi connectivity index (χ1) is 10.0. The zero-order valence-corrected chi connectivity index (χ0v) is 16.3. The second-order valence-corrected chi connectivity index (χ2v) is 6.91. The van der Waals surface area contributed by atoms with Gasteiger partial charge in [0, 0.05) is 20.0 Å². The smallest absolute Gasteiger partial charge is 0.161 e. The quantitative estimate of drug-likeness (QED) is 0.605. The van der Waals surface area contributed by atoms with E-state index in [-0.39, 0.29) is 0 Å². The second-order valence-electron chi connectivity index (χ2n) is 4.29. The van der Waals surface area contributed by atoms with Crippen LogP contribution in [0, 0.1) is 0 Å². The number of anilines is 1. The van der Waals surface area contributed by atoms with E-state index in [0.29, 0.717) is 6.54 Å².